The Bertz CT molecular complexity index is 1040. The summed E-state index contributed by atoms with van der Waals surface area (Å²) >= 11 is 0.886. The molecule has 1 aliphatic rings. The molecular formula is C24H25NO6S. The van der Waals surface area contributed by atoms with Crippen molar-refractivity contribution in [1.82, 2.24) is 4.90 Å². The molecule has 1 fully saturated rings. The summed E-state index contributed by atoms with van der Waals surface area (Å²) in [6, 6.07) is 12.7. The van der Waals surface area contributed by atoms with E-state index in [0.29, 0.717) is 22.1 Å². The van der Waals surface area contributed by atoms with Gasteiger partial charge in [0.1, 0.15) is 18.1 Å². The lowest BCUT2D eigenvalue weighted by Gasteiger charge is -2.17. The second-order valence-electron chi connectivity index (χ2n) is 7.63. The van der Waals surface area contributed by atoms with Crippen LogP contribution < -0.4 is 9.47 Å². The van der Waals surface area contributed by atoms with Crippen LogP contribution in [0.1, 0.15) is 36.5 Å². The number of amides is 2. The summed E-state index contributed by atoms with van der Waals surface area (Å²) < 4.78 is 11.0. The van der Waals surface area contributed by atoms with Gasteiger partial charge in [0, 0.05) is 0 Å². The van der Waals surface area contributed by atoms with Crippen molar-refractivity contribution in [3.8, 4) is 11.5 Å². The van der Waals surface area contributed by atoms with Gasteiger partial charge >= 0.3 is 5.97 Å². The highest BCUT2D eigenvalue weighted by Gasteiger charge is 2.34. The van der Waals surface area contributed by atoms with E-state index in [1.807, 2.05) is 25.1 Å². The predicted octanol–water partition coefficient (Wildman–Crippen LogP) is 4.70. The van der Waals surface area contributed by atoms with E-state index in [1.165, 1.54) is 4.90 Å². The monoisotopic (exact) mass is 455 g/mol. The van der Waals surface area contributed by atoms with Crippen molar-refractivity contribution in [2.75, 3.05) is 19.8 Å². The molecule has 1 aliphatic heterocycles. The Morgan fingerprint density at radius 2 is 1.84 bits per heavy atom. The number of carboxylic acid groups (broad SMARTS) is 1. The first-order chi connectivity index (χ1) is 15.2. The normalized spacial score (nSPS) is 15.0. The van der Waals surface area contributed by atoms with Crippen LogP contribution >= 0.6 is 11.8 Å². The molecule has 32 heavy (non-hydrogen) atoms. The SMILES string of the molecule is Cc1ccc(C(C)C)c(OCCN2C(=O)S/C(=C\c3ccc(OCC(=O)O)cc3)C2=O)c1. The number of carbonyl (C=O) groups is 3. The van der Waals surface area contributed by atoms with Crippen LogP contribution in [0.3, 0.4) is 0 Å². The van der Waals surface area contributed by atoms with Crippen molar-refractivity contribution >= 4 is 35.0 Å². The van der Waals surface area contributed by atoms with Crippen LogP contribution in [0.15, 0.2) is 47.4 Å². The van der Waals surface area contributed by atoms with Gasteiger partial charge in [-0.2, -0.15) is 0 Å². The maximum atomic E-state index is 12.7. The summed E-state index contributed by atoms with van der Waals surface area (Å²) in [5, 5.41) is 8.32. The number of nitrogens with zero attached hydrogens (tertiary/aromatic N) is 1. The molecule has 3 rings (SSSR count). The molecule has 1 N–H and O–H groups in total. The number of hydrogen-bond donors (Lipinski definition) is 1. The molecule has 0 aromatic heterocycles. The minimum absolute atomic E-state index is 0.162. The first-order valence-corrected chi connectivity index (χ1v) is 11.0. The van der Waals surface area contributed by atoms with Crippen LogP contribution in [0, 0.1) is 6.92 Å². The highest BCUT2D eigenvalue weighted by Crippen LogP contribution is 2.33. The summed E-state index contributed by atoms with van der Waals surface area (Å²) in [5.41, 5.74) is 2.87. The number of hydrogen-bond acceptors (Lipinski definition) is 6. The van der Waals surface area contributed by atoms with E-state index >= 15 is 0 Å². The Morgan fingerprint density at radius 3 is 2.50 bits per heavy atom. The fraction of sp³-hybridized carbons (Fsp3) is 0.292. The summed E-state index contributed by atoms with van der Waals surface area (Å²) in [7, 11) is 0. The van der Waals surface area contributed by atoms with Crippen LogP contribution in [-0.4, -0.2) is 46.9 Å². The van der Waals surface area contributed by atoms with Crippen molar-refractivity contribution in [2.45, 2.75) is 26.7 Å². The van der Waals surface area contributed by atoms with Crippen LogP contribution in [0.5, 0.6) is 11.5 Å². The molecule has 2 aromatic carbocycles. The summed E-state index contributed by atoms with van der Waals surface area (Å²) in [5.74, 6) is 0.0591. The van der Waals surface area contributed by atoms with Crippen LogP contribution in [0.25, 0.3) is 6.08 Å². The minimum Gasteiger partial charge on any atom is -0.491 e. The number of aryl methyl sites for hydroxylation is 1. The molecule has 2 aromatic rings. The number of imide groups is 1. The number of rotatable bonds is 9. The fourth-order valence-corrected chi connectivity index (χ4v) is 4.00. The Balaban J connectivity index is 1.61. The standard InChI is InChI=1S/C24H25NO6S/c1-15(2)19-9-4-16(3)12-20(19)30-11-10-25-23(28)21(32-24(25)29)13-17-5-7-18(8-6-17)31-14-22(26)27/h4-9,12-13,15H,10-11,14H2,1-3H3,(H,26,27)/b21-13-. The molecular weight excluding hydrogens is 430 g/mol. The second-order valence-corrected chi connectivity index (χ2v) is 8.62. The molecule has 0 unspecified atom stereocenters. The molecule has 0 radical (unpaired) electrons. The first kappa shape index (κ1) is 23.4. The van der Waals surface area contributed by atoms with Crippen molar-refractivity contribution in [3.63, 3.8) is 0 Å². The molecule has 1 saturated heterocycles. The van der Waals surface area contributed by atoms with Gasteiger partial charge in [0.05, 0.1) is 11.4 Å². The van der Waals surface area contributed by atoms with Crippen molar-refractivity contribution < 1.29 is 29.0 Å². The Labute approximate surface area is 191 Å². The van der Waals surface area contributed by atoms with Crippen LogP contribution in [-0.2, 0) is 9.59 Å². The zero-order valence-corrected chi connectivity index (χ0v) is 19.0. The Hall–Kier alpha value is -3.26. The van der Waals surface area contributed by atoms with E-state index in [0.717, 1.165) is 28.6 Å². The fourth-order valence-electron chi connectivity index (χ4n) is 3.14. The van der Waals surface area contributed by atoms with Gasteiger partial charge in [0.2, 0.25) is 0 Å². The zero-order valence-electron chi connectivity index (χ0n) is 18.2. The van der Waals surface area contributed by atoms with Gasteiger partial charge in [-0.3, -0.25) is 14.5 Å². The molecule has 0 aliphatic carbocycles. The van der Waals surface area contributed by atoms with Crippen molar-refractivity contribution in [2.24, 2.45) is 0 Å². The molecule has 0 bridgehead atoms. The van der Waals surface area contributed by atoms with E-state index in [1.54, 1.807) is 30.3 Å². The third-order valence-corrected chi connectivity index (χ3v) is 5.68. The second kappa shape index (κ2) is 10.4. The number of thioether (sulfide) groups is 1. The third kappa shape index (κ3) is 5.91. The van der Waals surface area contributed by atoms with Crippen LogP contribution in [0.4, 0.5) is 4.79 Å². The van der Waals surface area contributed by atoms with E-state index in [4.69, 9.17) is 14.6 Å². The van der Waals surface area contributed by atoms with Gasteiger partial charge in [0.25, 0.3) is 11.1 Å². The molecule has 1 heterocycles. The predicted molar refractivity (Wildman–Crippen MR) is 123 cm³/mol. The first-order valence-electron chi connectivity index (χ1n) is 10.2. The largest absolute Gasteiger partial charge is 0.491 e. The molecule has 8 heteroatoms. The Kier molecular flexibility index (Phi) is 7.58. The maximum Gasteiger partial charge on any atom is 0.341 e. The smallest absolute Gasteiger partial charge is 0.341 e. The number of carbonyl (C=O) groups excluding carboxylic acids is 2. The number of carboxylic acids is 1. The van der Waals surface area contributed by atoms with Gasteiger partial charge in [-0.25, -0.2) is 4.79 Å². The summed E-state index contributed by atoms with van der Waals surface area (Å²) in [4.78, 5) is 37.1. The van der Waals surface area contributed by atoms with Gasteiger partial charge in [-0.15, -0.1) is 0 Å². The van der Waals surface area contributed by atoms with Gasteiger partial charge in [-0.1, -0.05) is 38.1 Å². The lowest BCUT2D eigenvalue weighted by molar-refractivity contribution is -0.139. The average Bonchev–Trinajstić information content (AvgIpc) is 3.00. The average molecular weight is 456 g/mol. The lowest BCUT2D eigenvalue weighted by atomic mass is 10.0. The highest BCUT2D eigenvalue weighted by atomic mass is 32.2. The zero-order chi connectivity index (χ0) is 23.3. The molecule has 0 saturated carbocycles. The molecule has 0 atom stereocenters. The van der Waals surface area contributed by atoms with E-state index < -0.39 is 12.6 Å². The van der Waals surface area contributed by atoms with E-state index in [-0.39, 0.29) is 24.3 Å². The third-order valence-electron chi connectivity index (χ3n) is 4.78. The van der Waals surface area contributed by atoms with E-state index in [9.17, 15) is 14.4 Å². The lowest BCUT2D eigenvalue weighted by Crippen LogP contribution is -2.32. The Morgan fingerprint density at radius 1 is 1.12 bits per heavy atom. The molecule has 168 valence electrons. The molecule has 0 spiro atoms. The minimum atomic E-state index is -1.06. The van der Waals surface area contributed by atoms with Gasteiger partial charge < -0.3 is 14.6 Å². The van der Waals surface area contributed by atoms with Crippen molar-refractivity contribution in [3.05, 3.63) is 64.1 Å². The van der Waals surface area contributed by atoms with Crippen molar-refractivity contribution in [1.29, 1.82) is 0 Å². The summed E-state index contributed by atoms with van der Waals surface area (Å²) in [6.07, 6.45) is 1.63. The summed E-state index contributed by atoms with van der Waals surface area (Å²) in [6.45, 7) is 6.11. The number of ether oxygens (including phenoxy) is 2. The number of benzene rings is 2. The topological polar surface area (TPSA) is 93.1 Å². The van der Waals surface area contributed by atoms with Crippen LogP contribution in [0.2, 0.25) is 0 Å². The maximum absolute atomic E-state index is 12.7. The number of aliphatic carboxylic acids is 1. The van der Waals surface area contributed by atoms with E-state index in [2.05, 4.69) is 13.8 Å². The molecule has 2 amide bonds. The molecule has 7 nitrogen and oxygen atoms in total. The quantitative estimate of drug-likeness (QED) is 0.548. The van der Waals surface area contributed by atoms with Gasteiger partial charge in [-0.05, 0) is 65.6 Å². The highest BCUT2D eigenvalue weighted by molar-refractivity contribution is 8.18. The van der Waals surface area contributed by atoms with Gasteiger partial charge in [0.15, 0.2) is 6.61 Å².